The van der Waals surface area contributed by atoms with Crippen LogP contribution in [0.4, 0.5) is 5.69 Å². The first-order valence-corrected chi connectivity index (χ1v) is 12.0. The van der Waals surface area contributed by atoms with Crippen molar-refractivity contribution in [1.82, 2.24) is 9.88 Å². The van der Waals surface area contributed by atoms with Crippen LogP contribution < -0.4 is 10.9 Å². The highest BCUT2D eigenvalue weighted by Crippen LogP contribution is 2.22. The van der Waals surface area contributed by atoms with Crippen molar-refractivity contribution >= 4 is 51.2 Å². The summed E-state index contributed by atoms with van der Waals surface area (Å²) in [5.41, 5.74) is 4.41. The number of benzene rings is 2. The quantitative estimate of drug-likeness (QED) is 0.278. The summed E-state index contributed by atoms with van der Waals surface area (Å²) in [4.78, 5) is 31.2. The molecule has 2 aromatic heterocycles. The van der Waals surface area contributed by atoms with Crippen LogP contribution in [0.1, 0.15) is 31.9 Å². The Labute approximate surface area is 207 Å². The van der Waals surface area contributed by atoms with E-state index in [-0.39, 0.29) is 5.56 Å². The number of thiocarbonyl (C=S) groups is 1. The van der Waals surface area contributed by atoms with Crippen LogP contribution in [-0.4, -0.2) is 28.1 Å². The molecule has 0 spiro atoms. The molecule has 0 atom stereocenters. The number of nitrogens with one attached hydrogen (secondary N) is 2. The summed E-state index contributed by atoms with van der Waals surface area (Å²) < 4.78 is 4.90. The number of hydrogen-bond donors (Lipinski definition) is 2. The molecule has 0 bridgehead atoms. The number of rotatable bonds is 6. The molecule has 0 aliphatic heterocycles. The lowest BCUT2D eigenvalue weighted by Gasteiger charge is -2.26. The summed E-state index contributed by atoms with van der Waals surface area (Å²) in [5, 5.41) is 6.58. The largest absolute Gasteiger partial charge is 0.465 e. The van der Waals surface area contributed by atoms with E-state index in [4.69, 9.17) is 17.0 Å². The standard InChI is InChI=1S/C26H25N3O3S2/c1-16-11-17(2)23-18(12-16)13-19(24(30)28-23)14-29(15-20-7-6-10-34-20)26(33)27-22-9-5-4-8-21(22)25(31)32-3/h4-13H,14-15H2,1-3H3,(H,27,33)(H,28,30). The van der Waals surface area contributed by atoms with Crippen LogP contribution in [0.25, 0.3) is 10.9 Å². The highest BCUT2D eigenvalue weighted by molar-refractivity contribution is 7.80. The van der Waals surface area contributed by atoms with Gasteiger partial charge in [-0.2, -0.15) is 0 Å². The molecule has 8 heteroatoms. The summed E-state index contributed by atoms with van der Waals surface area (Å²) >= 11 is 7.37. The number of nitrogens with zero attached hydrogens (tertiary/aromatic N) is 1. The Kier molecular flexibility index (Phi) is 7.09. The van der Waals surface area contributed by atoms with Crippen molar-refractivity contribution in [2.24, 2.45) is 0 Å². The molecule has 34 heavy (non-hydrogen) atoms. The fraction of sp³-hybridized carbons (Fsp3) is 0.192. The number of carbonyl (C=O) groups excluding carboxylic acids is 1. The number of methoxy groups -OCH3 is 1. The number of aromatic nitrogens is 1. The summed E-state index contributed by atoms with van der Waals surface area (Å²) in [6.45, 7) is 4.86. The van der Waals surface area contributed by atoms with Crippen molar-refractivity contribution in [2.45, 2.75) is 26.9 Å². The lowest BCUT2D eigenvalue weighted by Crippen LogP contribution is -2.35. The van der Waals surface area contributed by atoms with Gasteiger partial charge in [0.15, 0.2) is 5.11 Å². The highest BCUT2D eigenvalue weighted by atomic mass is 32.1. The van der Waals surface area contributed by atoms with E-state index in [0.717, 1.165) is 26.9 Å². The monoisotopic (exact) mass is 491 g/mol. The smallest absolute Gasteiger partial charge is 0.339 e. The zero-order valence-corrected chi connectivity index (χ0v) is 20.8. The number of H-pyrrole nitrogens is 1. The average Bonchev–Trinajstić information content (AvgIpc) is 3.32. The van der Waals surface area contributed by atoms with Gasteiger partial charge in [-0.3, -0.25) is 4.79 Å². The number of carbonyl (C=O) groups is 1. The Morgan fingerprint density at radius 2 is 1.91 bits per heavy atom. The van der Waals surface area contributed by atoms with Crippen molar-refractivity contribution in [2.75, 3.05) is 12.4 Å². The molecule has 0 saturated heterocycles. The zero-order chi connectivity index (χ0) is 24.2. The van der Waals surface area contributed by atoms with Gasteiger partial charge in [0.05, 0.1) is 37.0 Å². The molecule has 0 aliphatic carbocycles. The van der Waals surface area contributed by atoms with Gasteiger partial charge in [0, 0.05) is 10.4 Å². The molecule has 0 amide bonds. The molecular formula is C26H25N3O3S2. The predicted molar refractivity (Wildman–Crippen MR) is 142 cm³/mol. The molecule has 2 heterocycles. The molecule has 0 fully saturated rings. The molecule has 6 nitrogen and oxygen atoms in total. The minimum Gasteiger partial charge on any atom is -0.465 e. The van der Waals surface area contributed by atoms with E-state index in [2.05, 4.69) is 22.4 Å². The van der Waals surface area contributed by atoms with Gasteiger partial charge in [-0.05, 0) is 72.7 Å². The number of ether oxygens (including phenoxy) is 1. The first kappa shape index (κ1) is 23.7. The van der Waals surface area contributed by atoms with Crippen molar-refractivity contribution in [3.8, 4) is 0 Å². The number of para-hydroxylation sites is 1. The Bertz CT molecular complexity index is 1410. The van der Waals surface area contributed by atoms with Gasteiger partial charge in [-0.25, -0.2) is 4.79 Å². The molecule has 0 aliphatic rings. The van der Waals surface area contributed by atoms with E-state index < -0.39 is 5.97 Å². The number of aromatic amines is 1. The second kappa shape index (κ2) is 10.2. The molecule has 2 N–H and O–H groups in total. The number of anilines is 1. The third-order valence-electron chi connectivity index (χ3n) is 5.52. The summed E-state index contributed by atoms with van der Waals surface area (Å²) in [5.74, 6) is -0.451. The van der Waals surface area contributed by atoms with Gasteiger partial charge >= 0.3 is 5.97 Å². The zero-order valence-electron chi connectivity index (χ0n) is 19.2. The summed E-state index contributed by atoms with van der Waals surface area (Å²) in [6, 6.07) is 17.1. The number of hydrogen-bond acceptors (Lipinski definition) is 5. The second-order valence-electron chi connectivity index (χ2n) is 8.07. The van der Waals surface area contributed by atoms with Crippen LogP contribution in [0, 0.1) is 13.8 Å². The minimum atomic E-state index is -0.451. The van der Waals surface area contributed by atoms with E-state index in [1.807, 2.05) is 48.4 Å². The van der Waals surface area contributed by atoms with Gasteiger partial charge in [-0.15, -0.1) is 11.3 Å². The number of pyridine rings is 1. The Morgan fingerprint density at radius 3 is 2.65 bits per heavy atom. The molecule has 4 aromatic rings. The van der Waals surface area contributed by atoms with Gasteiger partial charge < -0.3 is 19.9 Å². The van der Waals surface area contributed by atoms with Crippen LogP contribution >= 0.6 is 23.6 Å². The summed E-state index contributed by atoms with van der Waals surface area (Å²) in [7, 11) is 1.34. The van der Waals surface area contributed by atoms with Crippen molar-refractivity contribution < 1.29 is 9.53 Å². The Morgan fingerprint density at radius 1 is 1.12 bits per heavy atom. The van der Waals surface area contributed by atoms with Crippen molar-refractivity contribution in [3.05, 3.63) is 97.5 Å². The molecule has 0 radical (unpaired) electrons. The van der Waals surface area contributed by atoms with Gasteiger partial charge in [0.1, 0.15) is 0 Å². The fourth-order valence-corrected chi connectivity index (χ4v) is 4.88. The van der Waals surface area contributed by atoms with Crippen LogP contribution in [-0.2, 0) is 17.8 Å². The molecule has 0 saturated carbocycles. The first-order chi connectivity index (χ1) is 16.4. The Balaban J connectivity index is 1.68. The topological polar surface area (TPSA) is 74.4 Å². The number of aryl methyl sites for hydroxylation is 2. The highest BCUT2D eigenvalue weighted by Gasteiger charge is 2.18. The Hall–Kier alpha value is -3.49. The maximum Gasteiger partial charge on any atom is 0.339 e. The molecule has 2 aromatic carbocycles. The van der Waals surface area contributed by atoms with E-state index in [9.17, 15) is 9.59 Å². The molecule has 0 unspecified atom stereocenters. The van der Waals surface area contributed by atoms with Crippen LogP contribution in [0.5, 0.6) is 0 Å². The minimum absolute atomic E-state index is 0.145. The maximum absolute atomic E-state index is 13.0. The van der Waals surface area contributed by atoms with E-state index in [0.29, 0.717) is 35.0 Å². The van der Waals surface area contributed by atoms with Crippen molar-refractivity contribution in [1.29, 1.82) is 0 Å². The SMILES string of the molecule is COC(=O)c1ccccc1NC(=S)N(Cc1cccs1)Cc1cc2cc(C)cc(C)c2[nH]c1=O. The molecular weight excluding hydrogens is 466 g/mol. The average molecular weight is 492 g/mol. The molecule has 4 rings (SSSR count). The lowest BCUT2D eigenvalue weighted by molar-refractivity contribution is 0.0602. The lowest BCUT2D eigenvalue weighted by atomic mass is 10.1. The second-order valence-corrected chi connectivity index (χ2v) is 9.49. The van der Waals surface area contributed by atoms with Gasteiger partial charge in [0.2, 0.25) is 0 Å². The van der Waals surface area contributed by atoms with E-state index in [1.165, 1.54) is 7.11 Å². The normalized spacial score (nSPS) is 10.8. The van der Waals surface area contributed by atoms with E-state index >= 15 is 0 Å². The number of esters is 1. The van der Waals surface area contributed by atoms with Crippen LogP contribution in [0.3, 0.4) is 0 Å². The first-order valence-electron chi connectivity index (χ1n) is 10.7. The van der Waals surface area contributed by atoms with Crippen LogP contribution in [0.15, 0.2) is 64.8 Å². The molecule has 174 valence electrons. The fourth-order valence-electron chi connectivity index (χ4n) is 3.92. The van der Waals surface area contributed by atoms with Gasteiger partial charge in [-0.1, -0.05) is 29.8 Å². The van der Waals surface area contributed by atoms with Gasteiger partial charge in [0.25, 0.3) is 5.56 Å². The maximum atomic E-state index is 13.0. The van der Waals surface area contributed by atoms with Crippen LogP contribution in [0.2, 0.25) is 0 Å². The third kappa shape index (κ3) is 5.18. The number of thiophene rings is 1. The van der Waals surface area contributed by atoms with Crippen molar-refractivity contribution in [3.63, 3.8) is 0 Å². The van der Waals surface area contributed by atoms with E-state index in [1.54, 1.807) is 29.5 Å². The predicted octanol–water partition coefficient (Wildman–Crippen LogP) is 5.39. The summed E-state index contributed by atoms with van der Waals surface area (Å²) in [6.07, 6.45) is 0. The third-order valence-corrected chi connectivity index (χ3v) is 6.74. The number of fused-ring (bicyclic) bond motifs is 1.